The molecule has 0 atom stereocenters. The summed E-state index contributed by atoms with van der Waals surface area (Å²) in [7, 11) is 0. The van der Waals surface area contributed by atoms with Crippen molar-refractivity contribution in [3.8, 4) is 28.2 Å². The Labute approximate surface area is 259 Å². The van der Waals surface area contributed by atoms with Gasteiger partial charge in [-0.05, 0) is 63.3 Å². The van der Waals surface area contributed by atoms with Crippen LogP contribution in [-0.2, 0) is 0 Å². The predicted octanol–water partition coefficient (Wildman–Crippen LogP) is 11.0. The van der Waals surface area contributed by atoms with Crippen molar-refractivity contribution in [1.29, 1.82) is 0 Å². The first-order chi connectivity index (χ1) is 22.3. The zero-order chi connectivity index (χ0) is 29.5. The van der Waals surface area contributed by atoms with Crippen molar-refractivity contribution < 1.29 is 0 Å². The molecule has 0 aliphatic rings. The van der Waals surface area contributed by atoms with Crippen LogP contribution in [0.1, 0.15) is 0 Å². The molecular formula is C42H25N3. The summed E-state index contributed by atoms with van der Waals surface area (Å²) in [6, 6.07) is 54.0. The first-order valence-electron chi connectivity index (χ1n) is 15.4. The molecule has 0 radical (unpaired) electrons. The highest BCUT2D eigenvalue weighted by molar-refractivity contribution is 6.39. The molecule has 2 aromatic heterocycles. The largest absolute Gasteiger partial charge is 0.308 e. The SMILES string of the molecule is c1ccc(-c2nc3ccccc3nc2-c2ccc3c4ccccc4c4cc5ccccc5c5c4c3c2n5-c2ccccc2)cc1. The maximum Gasteiger partial charge on any atom is 0.0994 e. The predicted molar refractivity (Wildman–Crippen MR) is 188 cm³/mol. The molecule has 0 saturated heterocycles. The molecule has 0 unspecified atom stereocenters. The van der Waals surface area contributed by atoms with Crippen molar-refractivity contribution in [2.45, 2.75) is 0 Å². The van der Waals surface area contributed by atoms with E-state index in [1.54, 1.807) is 0 Å². The van der Waals surface area contributed by atoms with E-state index in [9.17, 15) is 0 Å². The molecule has 0 fully saturated rings. The van der Waals surface area contributed by atoms with Crippen LogP contribution in [0.3, 0.4) is 0 Å². The van der Waals surface area contributed by atoms with Crippen molar-refractivity contribution in [2.24, 2.45) is 0 Å². The molecule has 208 valence electrons. The van der Waals surface area contributed by atoms with E-state index in [2.05, 4.69) is 132 Å². The summed E-state index contributed by atoms with van der Waals surface area (Å²) in [4.78, 5) is 10.6. The Balaban J connectivity index is 1.50. The molecular weight excluding hydrogens is 546 g/mol. The van der Waals surface area contributed by atoms with Crippen LogP contribution in [0.4, 0.5) is 0 Å². The minimum absolute atomic E-state index is 0.885. The number of nitrogens with zero attached hydrogens (tertiary/aromatic N) is 3. The lowest BCUT2D eigenvalue weighted by atomic mass is 9.90. The fraction of sp³-hybridized carbons (Fsp3) is 0. The molecule has 0 amide bonds. The molecule has 0 spiro atoms. The van der Waals surface area contributed by atoms with Crippen molar-refractivity contribution >= 4 is 65.2 Å². The Hall–Kier alpha value is -6.06. The minimum atomic E-state index is 0.885. The smallest absolute Gasteiger partial charge is 0.0994 e. The van der Waals surface area contributed by atoms with Crippen molar-refractivity contribution in [2.75, 3.05) is 0 Å². The summed E-state index contributed by atoms with van der Waals surface area (Å²) in [6.45, 7) is 0. The third kappa shape index (κ3) is 3.41. The number of hydrogen-bond donors (Lipinski definition) is 0. The average Bonchev–Trinajstić information content (AvgIpc) is 3.48. The molecule has 45 heavy (non-hydrogen) atoms. The number of fused-ring (bicyclic) bond motifs is 6. The third-order valence-corrected chi connectivity index (χ3v) is 9.29. The van der Waals surface area contributed by atoms with Gasteiger partial charge in [-0.1, -0.05) is 115 Å². The van der Waals surface area contributed by atoms with Gasteiger partial charge in [-0.2, -0.15) is 0 Å². The van der Waals surface area contributed by atoms with Gasteiger partial charge in [-0.15, -0.1) is 0 Å². The van der Waals surface area contributed by atoms with Gasteiger partial charge in [0.15, 0.2) is 0 Å². The van der Waals surface area contributed by atoms with Gasteiger partial charge in [0.1, 0.15) is 0 Å². The van der Waals surface area contributed by atoms with Gasteiger partial charge in [0.05, 0.1) is 33.5 Å². The van der Waals surface area contributed by atoms with Crippen LogP contribution in [0.5, 0.6) is 0 Å². The number of hydrogen-bond acceptors (Lipinski definition) is 2. The van der Waals surface area contributed by atoms with Crippen molar-refractivity contribution in [3.05, 3.63) is 152 Å². The zero-order valence-electron chi connectivity index (χ0n) is 24.3. The van der Waals surface area contributed by atoms with Crippen molar-refractivity contribution in [3.63, 3.8) is 0 Å². The first kappa shape index (κ1) is 24.4. The second-order valence-corrected chi connectivity index (χ2v) is 11.7. The molecule has 10 rings (SSSR count). The summed E-state index contributed by atoms with van der Waals surface area (Å²) < 4.78 is 2.48. The maximum atomic E-state index is 5.38. The maximum absolute atomic E-state index is 5.38. The summed E-state index contributed by atoms with van der Waals surface area (Å²) in [5.41, 5.74) is 9.17. The van der Waals surface area contributed by atoms with Gasteiger partial charge in [0.25, 0.3) is 0 Å². The van der Waals surface area contributed by atoms with Gasteiger partial charge in [-0.3, -0.25) is 0 Å². The molecule has 0 bridgehead atoms. The highest BCUT2D eigenvalue weighted by Gasteiger charge is 2.26. The van der Waals surface area contributed by atoms with E-state index in [4.69, 9.17) is 9.97 Å². The average molecular weight is 572 g/mol. The van der Waals surface area contributed by atoms with E-state index in [-0.39, 0.29) is 0 Å². The van der Waals surface area contributed by atoms with Crippen LogP contribution in [0, 0.1) is 0 Å². The van der Waals surface area contributed by atoms with E-state index in [0.29, 0.717) is 0 Å². The Morgan fingerprint density at radius 3 is 1.73 bits per heavy atom. The second-order valence-electron chi connectivity index (χ2n) is 11.7. The summed E-state index contributed by atoms with van der Waals surface area (Å²) in [6.07, 6.45) is 0. The summed E-state index contributed by atoms with van der Waals surface area (Å²) >= 11 is 0. The van der Waals surface area contributed by atoms with Crippen LogP contribution < -0.4 is 0 Å². The van der Waals surface area contributed by atoms with Crippen molar-refractivity contribution in [1.82, 2.24) is 14.5 Å². The molecule has 2 heterocycles. The van der Waals surface area contributed by atoms with E-state index >= 15 is 0 Å². The van der Waals surface area contributed by atoms with Crippen LogP contribution in [0.25, 0.3) is 93.4 Å². The number of rotatable bonds is 3. The molecule has 0 saturated carbocycles. The van der Waals surface area contributed by atoms with Gasteiger partial charge in [-0.25, -0.2) is 9.97 Å². The van der Waals surface area contributed by atoms with Gasteiger partial charge in [0.2, 0.25) is 0 Å². The minimum Gasteiger partial charge on any atom is -0.308 e. The molecule has 0 N–H and O–H groups in total. The normalized spacial score (nSPS) is 12.0. The topological polar surface area (TPSA) is 30.7 Å². The molecule has 10 aromatic rings. The van der Waals surface area contributed by atoms with Crippen LogP contribution in [-0.4, -0.2) is 14.5 Å². The van der Waals surface area contributed by atoms with Crippen LogP contribution in [0.2, 0.25) is 0 Å². The molecule has 0 aliphatic carbocycles. The summed E-state index contributed by atoms with van der Waals surface area (Å²) in [5, 5.41) is 10.1. The fourth-order valence-electron chi connectivity index (χ4n) is 7.40. The molecule has 0 aliphatic heterocycles. The Morgan fingerprint density at radius 2 is 0.978 bits per heavy atom. The molecule has 3 heteroatoms. The standard InChI is InChI=1S/C42H25N3/c1-3-13-26(14-4-1)39-40(44-36-22-12-11-21-35(36)43-39)33-24-23-32-30-19-9-10-20-31(30)34-25-27-15-7-8-18-29(27)41-38(34)37(32)42(33)45(41)28-16-5-2-6-17-28/h1-25H. The monoisotopic (exact) mass is 571 g/mol. The Morgan fingerprint density at radius 1 is 0.400 bits per heavy atom. The van der Waals surface area contributed by atoms with E-state index in [1.165, 1.54) is 48.6 Å². The van der Waals surface area contributed by atoms with E-state index in [1.807, 2.05) is 24.3 Å². The Kier molecular flexibility index (Phi) is 5.00. The number of para-hydroxylation sites is 3. The second kappa shape index (κ2) is 9.22. The van der Waals surface area contributed by atoms with E-state index in [0.717, 1.165) is 44.8 Å². The Bertz CT molecular complexity index is 2740. The van der Waals surface area contributed by atoms with Gasteiger partial charge in [0, 0.05) is 33.0 Å². The van der Waals surface area contributed by atoms with Gasteiger partial charge < -0.3 is 4.57 Å². The fourth-order valence-corrected chi connectivity index (χ4v) is 7.40. The molecule has 3 nitrogen and oxygen atoms in total. The van der Waals surface area contributed by atoms with Gasteiger partial charge >= 0.3 is 0 Å². The quantitative estimate of drug-likeness (QED) is 0.156. The summed E-state index contributed by atoms with van der Waals surface area (Å²) in [5.74, 6) is 0. The highest BCUT2D eigenvalue weighted by Crippen LogP contribution is 2.49. The number of aromatic nitrogens is 3. The first-order valence-corrected chi connectivity index (χ1v) is 15.4. The number of benzene rings is 8. The zero-order valence-corrected chi connectivity index (χ0v) is 24.3. The lowest BCUT2D eigenvalue weighted by Gasteiger charge is -2.15. The third-order valence-electron chi connectivity index (χ3n) is 9.29. The lowest BCUT2D eigenvalue weighted by molar-refractivity contribution is 1.18. The van der Waals surface area contributed by atoms with Crippen LogP contribution in [0.15, 0.2) is 152 Å². The van der Waals surface area contributed by atoms with E-state index < -0.39 is 0 Å². The highest BCUT2D eigenvalue weighted by atomic mass is 15.0. The molecule has 8 aromatic carbocycles. The lowest BCUT2D eigenvalue weighted by Crippen LogP contribution is -1.99. The van der Waals surface area contributed by atoms with Crippen LogP contribution >= 0.6 is 0 Å².